The number of thiocarbonyl (C=S) groups is 1. The molecular formula is C10H11N5S. The Morgan fingerprint density at radius 1 is 1.38 bits per heavy atom. The number of aromatic nitrogens is 4. The second-order valence-electron chi connectivity index (χ2n) is 3.40. The van der Waals surface area contributed by atoms with E-state index in [1.165, 1.54) is 0 Å². The Bertz CT molecular complexity index is 526. The normalized spacial score (nSPS) is 10.4. The van der Waals surface area contributed by atoms with Crippen molar-refractivity contribution < 1.29 is 0 Å². The molecule has 0 aliphatic carbocycles. The number of imidazole rings is 1. The van der Waals surface area contributed by atoms with E-state index in [-0.39, 0.29) is 4.99 Å². The van der Waals surface area contributed by atoms with E-state index in [0.29, 0.717) is 11.6 Å². The van der Waals surface area contributed by atoms with Gasteiger partial charge in [-0.3, -0.25) is 4.57 Å². The molecule has 2 rings (SSSR count). The highest BCUT2D eigenvalue weighted by atomic mass is 32.1. The predicted octanol–water partition coefficient (Wildman–Crippen LogP) is 0.913. The summed E-state index contributed by atoms with van der Waals surface area (Å²) >= 11 is 4.92. The van der Waals surface area contributed by atoms with Gasteiger partial charge < -0.3 is 5.73 Å². The first-order valence-electron chi connectivity index (χ1n) is 4.74. The lowest BCUT2D eigenvalue weighted by Crippen LogP contribution is -2.17. The van der Waals surface area contributed by atoms with Gasteiger partial charge in [0.25, 0.3) is 0 Å². The predicted molar refractivity (Wildman–Crippen MR) is 64.5 cm³/mol. The number of nitrogens with zero attached hydrogens (tertiary/aromatic N) is 4. The molecule has 0 aliphatic heterocycles. The summed E-state index contributed by atoms with van der Waals surface area (Å²) in [4.78, 5) is 12.9. The summed E-state index contributed by atoms with van der Waals surface area (Å²) in [5.74, 6) is 1.97. The molecule has 0 unspecified atom stereocenters. The zero-order chi connectivity index (χ0) is 11.7. The molecule has 0 aliphatic rings. The number of rotatable bonds is 2. The van der Waals surface area contributed by atoms with Gasteiger partial charge in [-0.15, -0.1) is 0 Å². The maximum absolute atomic E-state index is 5.58. The molecule has 16 heavy (non-hydrogen) atoms. The summed E-state index contributed by atoms with van der Waals surface area (Å²) in [6.07, 6.45) is 3.41. The summed E-state index contributed by atoms with van der Waals surface area (Å²) < 4.78 is 1.75. The molecule has 5 nitrogen and oxygen atoms in total. The molecule has 0 atom stereocenters. The highest BCUT2D eigenvalue weighted by Crippen LogP contribution is 2.09. The number of aryl methyl sites for hydroxylation is 2. The highest BCUT2D eigenvalue weighted by molar-refractivity contribution is 7.80. The van der Waals surface area contributed by atoms with Crippen molar-refractivity contribution in [1.29, 1.82) is 0 Å². The van der Waals surface area contributed by atoms with Crippen molar-refractivity contribution in [2.75, 3.05) is 0 Å². The molecule has 0 aromatic carbocycles. The Kier molecular flexibility index (Phi) is 2.66. The van der Waals surface area contributed by atoms with Gasteiger partial charge in [-0.2, -0.15) is 0 Å². The molecule has 0 radical (unpaired) electrons. The summed E-state index contributed by atoms with van der Waals surface area (Å²) in [6.45, 7) is 3.75. The van der Waals surface area contributed by atoms with Crippen LogP contribution in [0.5, 0.6) is 0 Å². The molecule has 2 N–H and O–H groups in total. The topological polar surface area (TPSA) is 69.6 Å². The third-order valence-electron chi connectivity index (χ3n) is 2.06. The van der Waals surface area contributed by atoms with E-state index in [4.69, 9.17) is 18.0 Å². The molecule has 0 saturated heterocycles. The maximum Gasteiger partial charge on any atom is 0.173 e. The minimum absolute atomic E-state index is 0.249. The number of hydrogen-bond acceptors (Lipinski definition) is 4. The van der Waals surface area contributed by atoms with Crippen molar-refractivity contribution in [3.05, 3.63) is 35.8 Å². The fourth-order valence-corrected chi connectivity index (χ4v) is 1.64. The molecule has 0 fully saturated rings. The second-order valence-corrected chi connectivity index (χ2v) is 3.84. The van der Waals surface area contributed by atoms with Crippen molar-refractivity contribution in [1.82, 2.24) is 19.5 Å². The molecule has 2 heterocycles. The summed E-state index contributed by atoms with van der Waals surface area (Å²) in [7, 11) is 0. The SMILES string of the molecule is Cc1cc(-n2ccnc2C(N)=S)nc(C)n1. The zero-order valence-corrected chi connectivity index (χ0v) is 9.82. The van der Waals surface area contributed by atoms with Crippen LogP contribution < -0.4 is 5.73 Å². The van der Waals surface area contributed by atoms with E-state index in [1.807, 2.05) is 19.9 Å². The third kappa shape index (κ3) is 1.92. The standard InChI is InChI=1S/C10H11N5S/c1-6-5-8(14-7(2)13-6)15-4-3-12-10(15)9(11)16/h3-5H,1-2H3,(H2,11,16). The van der Waals surface area contributed by atoms with Crippen LogP contribution in [0.25, 0.3) is 5.82 Å². The lowest BCUT2D eigenvalue weighted by atomic mass is 10.4. The second kappa shape index (κ2) is 3.97. The first kappa shape index (κ1) is 10.7. The van der Waals surface area contributed by atoms with Gasteiger partial charge in [0, 0.05) is 24.2 Å². The van der Waals surface area contributed by atoms with Gasteiger partial charge in [-0.1, -0.05) is 12.2 Å². The molecule has 0 bridgehead atoms. The van der Waals surface area contributed by atoms with Gasteiger partial charge in [-0.25, -0.2) is 15.0 Å². The summed E-state index contributed by atoms with van der Waals surface area (Å²) in [6, 6.07) is 1.86. The van der Waals surface area contributed by atoms with Crippen molar-refractivity contribution >= 4 is 17.2 Å². The average Bonchev–Trinajstić information content (AvgIpc) is 2.63. The van der Waals surface area contributed by atoms with Crippen LogP contribution in [0, 0.1) is 13.8 Å². The Balaban J connectivity index is 2.58. The van der Waals surface area contributed by atoms with Crippen LogP contribution in [0.15, 0.2) is 18.5 Å². The Morgan fingerprint density at radius 3 is 2.75 bits per heavy atom. The van der Waals surface area contributed by atoms with E-state index in [0.717, 1.165) is 11.5 Å². The molecule has 0 spiro atoms. The molecule has 2 aromatic rings. The first-order valence-corrected chi connectivity index (χ1v) is 5.14. The zero-order valence-electron chi connectivity index (χ0n) is 9.01. The van der Waals surface area contributed by atoms with Crippen LogP contribution >= 0.6 is 12.2 Å². The van der Waals surface area contributed by atoms with Gasteiger partial charge in [0.15, 0.2) is 5.82 Å². The fourth-order valence-electron chi connectivity index (χ4n) is 1.49. The van der Waals surface area contributed by atoms with Crippen LogP contribution in [-0.4, -0.2) is 24.5 Å². The van der Waals surface area contributed by atoms with Crippen LogP contribution in [0.3, 0.4) is 0 Å². The van der Waals surface area contributed by atoms with E-state index in [2.05, 4.69) is 15.0 Å². The Labute approximate surface area is 98.4 Å². The molecule has 2 aromatic heterocycles. The van der Waals surface area contributed by atoms with Crippen molar-refractivity contribution in [2.45, 2.75) is 13.8 Å². The minimum atomic E-state index is 0.249. The Morgan fingerprint density at radius 2 is 2.12 bits per heavy atom. The monoisotopic (exact) mass is 233 g/mol. The lowest BCUT2D eigenvalue weighted by molar-refractivity contribution is 0.912. The number of nitrogens with two attached hydrogens (primary N) is 1. The molecular weight excluding hydrogens is 222 g/mol. The Hall–Kier alpha value is -1.82. The molecule has 6 heteroatoms. The fraction of sp³-hybridized carbons (Fsp3) is 0.200. The molecule has 0 amide bonds. The molecule has 0 saturated carbocycles. The first-order chi connectivity index (χ1) is 7.58. The van der Waals surface area contributed by atoms with Crippen molar-refractivity contribution in [3.8, 4) is 5.82 Å². The largest absolute Gasteiger partial charge is 0.387 e. The van der Waals surface area contributed by atoms with Crippen molar-refractivity contribution in [2.24, 2.45) is 5.73 Å². The summed E-state index contributed by atoms with van der Waals surface area (Å²) in [5, 5.41) is 0. The third-order valence-corrected chi connectivity index (χ3v) is 2.24. The minimum Gasteiger partial charge on any atom is -0.387 e. The number of hydrogen-bond donors (Lipinski definition) is 1. The summed E-state index contributed by atoms with van der Waals surface area (Å²) in [5.41, 5.74) is 6.47. The van der Waals surface area contributed by atoms with Gasteiger partial charge >= 0.3 is 0 Å². The van der Waals surface area contributed by atoms with E-state index < -0.39 is 0 Å². The van der Waals surface area contributed by atoms with Gasteiger partial charge in [-0.05, 0) is 13.8 Å². The van der Waals surface area contributed by atoms with E-state index >= 15 is 0 Å². The van der Waals surface area contributed by atoms with Gasteiger partial charge in [0.2, 0.25) is 0 Å². The average molecular weight is 233 g/mol. The smallest absolute Gasteiger partial charge is 0.173 e. The molecule has 82 valence electrons. The van der Waals surface area contributed by atoms with Crippen LogP contribution in [0.2, 0.25) is 0 Å². The van der Waals surface area contributed by atoms with E-state index in [1.54, 1.807) is 17.0 Å². The highest BCUT2D eigenvalue weighted by Gasteiger charge is 2.09. The van der Waals surface area contributed by atoms with Crippen LogP contribution in [0.1, 0.15) is 17.3 Å². The lowest BCUT2D eigenvalue weighted by Gasteiger charge is -2.07. The van der Waals surface area contributed by atoms with Gasteiger partial charge in [0.05, 0.1) is 0 Å². The maximum atomic E-state index is 5.58. The van der Waals surface area contributed by atoms with E-state index in [9.17, 15) is 0 Å². The van der Waals surface area contributed by atoms with Crippen LogP contribution in [-0.2, 0) is 0 Å². The van der Waals surface area contributed by atoms with Crippen LogP contribution in [0.4, 0.5) is 0 Å². The van der Waals surface area contributed by atoms with Crippen molar-refractivity contribution in [3.63, 3.8) is 0 Å². The van der Waals surface area contributed by atoms with Gasteiger partial charge in [0.1, 0.15) is 16.6 Å². The quantitative estimate of drug-likeness (QED) is 0.781.